The van der Waals surface area contributed by atoms with Gasteiger partial charge < -0.3 is 5.11 Å². The molecule has 1 aromatic heterocycles. The first-order chi connectivity index (χ1) is 10.8. The number of hydrogen-bond donors (Lipinski definition) is 2. The number of nitrogens with zero attached hydrogens (tertiary/aromatic N) is 3. The van der Waals surface area contributed by atoms with Crippen LogP contribution >= 0.6 is 12.2 Å². The molecule has 0 aliphatic carbocycles. The first kappa shape index (κ1) is 17.4. The van der Waals surface area contributed by atoms with Crippen molar-refractivity contribution in [3.05, 3.63) is 46.0 Å². The van der Waals surface area contributed by atoms with E-state index in [4.69, 9.17) is 12.2 Å². The standard InChI is InChI=1S/C14H15F3N4OS/c1-9(22)2-7-12-19-20-13(23)21(12)18-8-10-3-5-11(6-4-10)14(15,16)17/h3-6,8-9,22H,2,7H2,1H3,(H,20,23)/b18-8+. The van der Waals surface area contributed by atoms with Gasteiger partial charge in [-0.25, -0.2) is 0 Å². The summed E-state index contributed by atoms with van der Waals surface area (Å²) in [5, 5.41) is 20.1. The molecule has 23 heavy (non-hydrogen) atoms. The van der Waals surface area contributed by atoms with Crippen LogP contribution in [-0.2, 0) is 12.6 Å². The van der Waals surface area contributed by atoms with Crippen molar-refractivity contribution in [2.45, 2.75) is 32.0 Å². The summed E-state index contributed by atoms with van der Waals surface area (Å²) in [6.07, 6.45) is -2.48. The lowest BCUT2D eigenvalue weighted by Gasteiger charge is -2.06. The summed E-state index contributed by atoms with van der Waals surface area (Å²) < 4.78 is 39.2. The Morgan fingerprint density at radius 2 is 2.04 bits per heavy atom. The third kappa shape index (κ3) is 4.73. The monoisotopic (exact) mass is 344 g/mol. The Bertz CT molecular complexity index is 732. The van der Waals surface area contributed by atoms with Crippen LogP contribution in [0.3, 0.4) is 0 Å². The summed E-state index contributed by atoms with van der Waals surface area (Å²) in [5.41, 5.74) is -0.213. The quantitative estimate of drug-likeness (QED) is 0.647. The normalized spacial score (nSPS) is 13.6. The highest BCUT2D eigenvalue weighted by molar-refractivity contribution is 7.71. The van der Waals surface area contributed by atoms with Gasteiger partial charge in [-0.1, -0.05) is 12.1 Å². The Hall–Kier alpha value is -2.00. The Kier molecular flexibility index (Phi) is 5.32. The van der Waals surface area contributed by atoms with Crippen LogP contribution in [0.1, 0.15) is 30.3 Å². The van der Waals surface area contributed by atoms with Gasteiger partial charge in [0.1, 0.15) is 0 Å². The first-order valence-electron chi connectivity index (χ1n) is 6.83. The zero-order chi connectivity index (χ0) is 17.0. The van der Waals surface area contributed by atoms with E-state index in [9.17, 15) is 18.3 Å². The molecule has 1 aromatic carbocycles. The van der Waals surface area contributed by atoms with E-state index < -0.39 is 17.8 Å². The molecule has 5 nitrogen and oxygen atoms in total. The van der Waals surface area contributed by atoms with E-state index in [1.165, 1.54) is 23.0 Å². The van der Waals surface area contributed by atoms with Gasteiger partial charge in [0.15, 0.2) is 5.82 Å². The molecule has 0 amide bonds. The van der Waals surface area contributed by atoms with Gasteiger partial charge in [-0.3, -0.25) is 5.10 Å². The third-order valence-corrected chi connectivity index (χ3v) is 3.33. The molecule has 0 bridgehead atoms. The molecule has 2 rings (SSSR count). The van der Waals surface area contributed by atoms with Gasteiger partial charge in [0, 0.05) is 6.42 Å². The van der Waals surface area contributed by atoms with Gasteiger partial charge in [-0.15, -0.1) is 0 Å². The Morgan fingerprint density at radius 1 is 1.39 bits per heavy atom. The summed E-state index contributed by atoms with van der Waals surface area (Å²) >= 11 is 5.06. The molecule has 2 aromatic rings. The summed E-state index contributed by atoms with van der Waals surface area (Å²) in [6.45, 7) is 1.66. The second kappa shape index (κ2) is 7.05. The fourth-order valence-electron chi connectivity index (χ4n) is 1.83. The SMILES string of the molecule is CC(O)CCc1n[nH]c(=S)n1/N=C/c1ccc(C(F)(F)F)cc1. The molecular weight excluding hydrogens is 329 g/mol. The van der Waals surface area contributed by atoms with E-state index in [0.29, 0.717) is 24.2 Å². The largest absolute Gasteiger partial charge is 0.416 e. The van der Waals surface area contributed by atoms with Crippen molar-refractivity contribution >= 4 is 18.4 Å². The van der Waals surface area contributed by atoms with E-state index >= 15 is 0 Å². The van der Waals surface area contributed by atoms with Crippen molar-refractivity contribution in [1.82, 2.24) is 14.9 Å². The van der Waals surface area contributed by atoms with E-state index in [1.807, 2.05) is 0 Å². The van der Waals surface area contributed by atoms with Crippen LogP contribution in [0.15, 0.2) is 29.4 Å². The van der Waals surface area contributed by atoms with Crippen molar-refractivity contribution in [1.29, 1.82) is 0 Å². The summed E-state index contributed by atoms with van der Waals surface area (Å²) in [7, 11) is 0. The molecule has 0 fully saturated rings. The number of benzene rings is 1. The van der Waals surface area contributed by atoms with E-state index in [2.05, 4.69) is 15.3 Å². The molecule has 124 valence electrons. The minimum Gasteiger partial charge on any atom is -0.393 e. The highest BCUT2D eigenvalue weighted by Crippen LogP contribution is 2.28. The minimum atomic E-state index is -4.36. The number of H-pyrrole nitrogens is 1. The molecular formula is C14H15F3N4OS. The van der Waals surface area contributed by atoms with E-state index in [0.717, 1.165) is 12.1 Å². The number of aliphatic hydroxyl groups is 1. The second-order valence-electron chi connectivity index (χ2n) is 5.01. The van der Waals surface area contributed by atoms with Gasteiger partial charge in [-0.05, 0) is 43.3 Å². The Balaban J connectivity index is 2.17. The van der Waals surface area contributed by atoms with Crippen LogP contribution < -0.4 is 0 Å². The third-order valence-electron chi connectivity index (χ3n) is 3.06. The van der Waals surface area contributed by atoms with Gasteiger partial charge in [0.05, 0.1) is 17.9 Å². The van der Waals surface area contributed by atoms with Crippen molar-refractivity contribution in [2.75, 3.05) is 0 Å². The molecule has 1 unspecified atom stereocenters. The van der Waals surface area contributed by atoms with E-state index in [1.54, 1.807) is 6.92 Å². The van der Waals surface area contributed by atoms with Crippen LogP contribution in [0.5, 0.6) is 0 Å². The summed E-state index contributed by atoms with van der Waals surface area (Å²) in [4.78, 5) is 0. The molecule has 1 heterocycles. The lowest BCUT2D eigenvalue weighted by atomic mass is 10.1. The van der Waals surface area contributed by atoms with Crippen LogP contribution in [-0.4, -0.2) is 32.3 Å². The van der Waals surface area contributed by atoms with Crippen LogP contribution in [0.25, 0.3) is 0 Å². The topological polar surface area (TPSA) is 66.2 Å². The number of hydrogen-bond acceptors (Lipinski definition) is 4. The zero-order valence-corrected chi connectivity index (χ0v) is 13.0. The molecule has 1 atom stereocenters. The molecule has 9 heteroatoms. The lowest BCUT2D eigenvalue weighted by molar-refractivity contribution is -0.137. The number of rotatable bonds is 5. The fraction of sp³-hybridized carbons (Fsp3) is 0.357. The van der Waals surface area contributed by atoms with Crippen molar-refractivity contribution in [3.8, 4) is 0 Å². The van der Waals surface area contributed by atoms with Crippen molar-refractivity contribution in [2.24, 2.45) is 5.10 Å². The zero-order valence-electron chi connectivity index (χ0n) is 12.2. The molecule has 0 aliphatic rings. The van der Waals surface area contributed by atoms with Gasteiger partial charge in [-0.2, -0.15) is 28.0 Å². The number of aryl methyl sites for hydroxylation is 1. The molecule has 0 radical (unpaired) electrons. The second-order valence-corrected chi connectivity index (χ2v) is 5.40. The van der Waals surface area contributed by atoms with Gasteiger partial charge >= 0.3 is 6.18 Å². The Labute approximate surface area is 135 Å². The highest BCUT2D eigenvalue weighted by Gasteiger charge is 2.29. The highest BCUT2D eigenvalue weighted by atomic mass is 32.1. The Morgan fingerprint density at radius 3 is 2.61 bits per heavy atom. The average Bonchev–Trinajstić information content (AvgIpc) is 2.83. The van der Waals surface area contributed by atoms with Crippen LogP contribution in [0.2, 0.25) is 0 Å². The van der Waals surface area contributed by atoms with Crippen LogP contribution in [0.4, 0.5) is 13.2 Å². The molecule has 0 saturated heterocycles. The predicted molar refractivity (Wildman–Crippen MR) is 81.8 cm³/mol. The molecule has 2 N–H and O–H groups in total. The van der Waals surface area contributed by atoms with Crippen molar-refractivity contribution < 1.29 is 18.3 Å². The molecule has 0 saturated carbocycles. The number of aromatic amines is 1. The number of alkyl halides is 3. The van der Waals surface area contributed by atoms with Gasteiger partial charge in [0.25, 0.3) is 0 Å². The predicted octanol–water partition coefficient (Wildman–Crippen LogP) is 3.16. The van der Waals surface area contributed by atoms with E-state index in [-0.39, 0.29) is 4.77 Å². The smallest absolute Gasteiger partial charge is 0.393 e. The minimum absolute atomic E-state index is 0.272. The maximum absolute atomic E-state index is 12.5. The number of aliphatic hydroxyl groups excluding tert-OH is 1. The first-order valence-corrected chi connectivity index (χ1v) is 7.24. The van der Waals surface area contributed by atoms with Crippen molar-refractivity contribution in [3.63, 3.8) is 0 Å². The fourth-order valence-corrected chi connectivity index (χ4v) is 2.02. The summed E-state index contributed by atoms with van der Waals surface area (Å²) in [5.74, 6) is 0.541. The summed E-state index contributed by atoms with van der Waals surface area (Å²) in [6, 6.07) is 4.63. The number of halogens is 3. The molecule has 0 spiro atoms. The number of aromatic nitrogens is 3. The maximum atomic E-state index is 12.5. The average molecular weight is 344 g/mol. The van der Waals surface area contributed by atoms with Crippen LogP contribution in [0, 0.1) is 4.77 Å². The number of nitrogens with one attached hydrogen (secondary N) is 1. The lowest BCUT2D eigenvalue weighted by Crippen LogP contribution is -2.06. The molecule has 0 aliphatic heterocycles. The maximum Gasteiger partial charge on any atom is 0.416 e. The van der Waals surface area contributed by atoms with Gasteiger partial charge in [0.2, 0.25) is 4.77 Å².